The predicted octanol–water partition coefficient (Wildman–Crippen LogP) is 4.66. The molecule has 34 heavy (non-hydrogen) atoms. The second kappa shape index (κ2) is 13.0. The van der Waals surface area contributed by atoms with Crippen molar-refractivity contribution in [3.05, 3.63) is 48.5 Å². The van der Waals surface area contributed by atoms with Gasteiger partial charge in [0.2, 0.25) is 5.91 Å². The Morgan fingerprint density at radius 2 is 1.74 bits per heavy atom. The van der Waals surface area contributed by atoms with Gasteiger partial charge >= 0.3 is 0 Å². The highest BCUT2D eigenvalue weighted by Crippen LogP contribution is 2.32. The molecule has 0 N–H and O–H groups in total. The van der Waals surface area contributed by atoms with Crippen LogP contribution in [0.15, 0.2) is 53.4 Å². The Balaban J connectivity index is 0.00000408. The highest BCUT2D eigenvalue weighted by Gasteiger charge is 2.23. The van der Waals surface area contributed by atoms with Gasteiger partial charge in [-0.25, -0.2) is 13.4 Å². The monoisotopic (exact) mass is 525 g/mol. The molecule has 0 atom stereocenters. The molecule has 3 rings (SSSR count). The second-order valence-electron chi connectivity index (χ2n) is 7.51. The lowest BCUT2D eigenvalue weighted by atomic mass is 10.3. The first kappa shape index (κ1) is 28.0. The van der Waals surface area contributed by atoms with Crippen molar-refractivity contribution in [2.45, 2.75) is 32.1 Å². The minimum absolute atomic E-state index is 0. The number of halogens is 1. The summed E-state index contributed by atoms with van der Waals surface area (Å²) in [4.78, 5) is 22.0. The molecular weight excluding hydrogens is 494 g/mol. The lowest BCUT2D eigenvalue weighted by molar-refractivity contribution is -0.118. The van der Waals surface area contributed by atoms with E-state index >= 15 is 0 Å². The van der Waals surface area contributed by atoms with Gasteiger partial charge in [-0.1, -0.05) is 43.4 Å². The largest absolute Gasteiger partial charge is 0.494 e. The van der Waals surface area contributed by atoms with Gasteiger partial charge in [0.25, 0.3) is 0 Å². The van der Waals surface area contributed by atoms with Crippen molar-refractivity contribution in [1.82, 2.24) is 9.88 Å². The van der Waals surface area contributed by atoms with E-state index in [1.165, 1.54) is 11.3 Å². The van der Waals surface area contributed by atoms with Crippen LogP contribution in [0, 0.1) is 0 Å². The van der Waals surface area contributed by atoms with Crippen LogP contribution in [0.3, 0.4) is 0 Å². The molecule has 1 aromatic heterocycles. The number of hydrogen-bond acceptors (Lipinski definition) is 7. The molecule has 0 unspecified atom stereocenters. The first-order chi connectivity index (χ1) is 15.9. The van der Waals surface area contributed by atoms with Gasteiger partial charge in [-0.2, -0.15) is 0 Å². The number of fused-ring (bicyclic) bond motifs is 1. The molecule has 1 heterocycles. The number of carbonyl (C=O) groups is 1. The quantitative estimate of drug-likeness (QED) is 0.342. The third kappa shape index (κ3) is 7.15. The third-order valence-corrected chi connectivity index (χ3v) is 8.19. The summed E-state index contributed by atoms with van der Waals surface area (Å²) in [6.07, 6.45) is -0.102. The van der Waals surface area contributed by atoms with Gasteiger partial charge in [0.05, 0.1) is 27.5 Å². The molecule has 7 nitrogen and oxygen atoms in total. The van der Waals surface area contributed by atoms with Gasteiger partial charge in [-0.15, -0.1) is 12.4 Å². The summed E-state index contributed by atoms with van der Waals surface area (Å²) in [5, 5.41) is 0.577. The van der Waals surface area contributed by atoms with Crippen LogP contribution in [0.4, 0.5) is 5.13 Å². The number of carbonyl (C=O) groups excluding carboxylic acids is 1. The zero-order chi connectivity index (χ0) is 23.8. The van der Waals surface area contributed by atoms with E-state index in [0.29, 0.717) is 24.8 Å². The summed E-state index contributed by atoms with van der Waals surface area (Å²) in [5.74, 6) is 0.276. The number of thiazole rings is 1. The van der Waals surface area contributed by atoms with Crippen LogP contribution in [0.5, 0.6) is 5.75 Å². The number of benzene rings is 2. The summed E-state index contributed by atoms with van der Waals surface area (Å²) in [6.45, 7) is 9.54. The van der Waals surface area contributed by atoms with Crippen LogP contribution >= 0.6 is 23.7 Å². The first-order valence-corrected chi connectivity index (χ1v) is 13.7. The third-order valence-electron chi connectivity index (χ3n) is 5.41. The van der Waals surface area contributed by atoms with Crippen molar-refractivity contribution >= 4 is 54.8 Å². The molecule has 0 aliphatic rings. The van der Waals surface area contributed by atoms with Crippen LogP contribution in [0.2, 0.25) is 0 Å². The highest BCUT2D eigenvalue weighted by atomic mass is 35.5. The Labute approximate surface area is 212 Å². The van der Waals surface area contributed by atoms with Gasteiger partial charge in [-0.05, 0) is 50.3 Å². The van der Waals surface area contributed by atoms with Gasteiger partial charge < -0.3 is 9.64 Å². The maximum atomic E-state index is 13.2. The fraction of sp³-hybridized carbons (Fsp3) is 0.417. The van der Waals surface area contributed by atoms with E-state index in [9.17, 15) is 13.2 Å². The van der Waals surface area contributed by atoms with Crippen molar-refractivity contribution < 1.29 is 17.9 Å². The number of aromatic nitrogens is 1. The van der Waals surface area contributed by atoms with Crippen LogP contribution in [0.25, 0.3) is 10.2 Å². The summed E-state index contributed by atoms with van der Waals surface area (Å²) >= 11 is 1.42. The molecule has 10 heteroatoms. The Morgan fingerprint density at radius 3 is 2.38 bits per heavy atom. The lowest BCUT2D eigenvalue weighted by Crippen LogP contribution is -2.39. The van der Waals surface area contributed by atoms with Gasteiger partial charge in [0.15, 0.2) is 15.0 Å². The van der Waals surface area contributed by atoms with E-state index < -0.39 is 9.84 Å². The molecule has 0 aliphatic heterocycles. The second-order valence-corrected chi connectivity index (χ2v) is 10.6. The Bertz CT molecular complexity index is 1170. The van der Waals surface area contributed by atoms with E-state index in [0.717, 1.165) is 29.1 Å². The molecule has 3 aromatic rings. The Kier molecular flexibility index (Phi) is 10.8. The zero-order valence-corrected chi connectivity index (χ0v) is 22.2. The van der Waals surface area contributed by atoms with Crippen molar-refractivity contribution in [2.75, 3.05) is 43.4 Å². The molecule has 0 saturated carbocycles. The number of sulfone groups is 1. The normalized spacial score (nSPS) is 11.4. The number of rotatable bonds is 12. The molecule has 186 valence electrons. The maximum absolute atomic E-state index is 13.2. The summed E-state index contributed by atoms with van der Waals surface area (Å²) < 4.78 is 31.9. The average molecular weight is 526 g/mol. The summed E-state index contributed by atoms with van der Waals surface area (Å²) in [5.41, 5.74) is 0.788. The van der Waals surface area contributed by atoms with Crippen LogP contribution < -0.4 is 9.64 Å². The number of ether oxygens (including phenoxy) is 1. The van der Waals surface area contributed by atoms with Gasteiger partial charge in [0, 0.05) is 19.5 Å². The molecule has 0 spiro atoms. The van der Waals surface area contributed by atoms with Crippen molar-refractivity contribution in [1.29, 1.82) is 0 Å². The smallest absolute Gasteiger partial charge is 0.229 e. The summed E-state index contributed by atoms with van der Waals surface area (Å²) in [7, 11) is -3.54. The number of nitrogens with zero attached hydrogens (tertiary/aromatic N) is 3. The molecule has 1 amide bonds. The van der Waals surface area contributed by atoms with Crippen LogP contribution in [-0.4, -0.2) is 62.7 Å². The summed E-state index contributed by atoms with van der Waals surface area (Å²) in [6, 6.07) is 13.9. The van der Waals surface area contributed by atoms with Crippen LogP contribution in [0.1, 0.15) is 27.2 Å². The topological polar surface area (TPSA) is 79.8 Å². The number of anilines is 1. The molecule has 0 bridgehead atoms. The maximum Gasteiger partial charge on any atom is 0.229 e. The standard InChI is InChI=1S/C24H31N3O4S2.ClH/c1-4-26(5-2)15-16-27(23(28)14-17-33(29,30)20-10-8-7-9-11-20)24-25-21-13-12-19(31-6-3)18-22(21)32-24;/h7-13,18H,4-6,14-17H2,1-3H3;1H. The molecule has 0 saturated heterocycles. The minimum atomic E-state index is -3.54. The van der Waals surface area contributed by atoms with Crippen molar-refractivity contribution in [3.63, 3.8) is 0 Å². The Morgan fingerprint density at radius 1 is 1.03 bits per heavy atom. The van der Waals surface area contributed by atoms with E-state index in [4.69, 9.17) is 4.74 Å². The van der Waals surface area contributed by atoms with E-state index in [-0.39, 0.29) is 35.4 Å². The molecule has 0 radical (unpaired) electrons. The van der Waals surface area contributed by atoms with E-state index in [2.05, 4.69) is 23.7 Å². The fourth-order valence-electron chi connectivity index (χ4n) is 3.48. The van der Waals surface area contributed by atoms with E-state index in [1.807, 2.05) is 25.1 Å². The van der Waals surface area contributed by atoms with E-state index in [1.54, 1.807) is 35.2 Å². The number of hydrogen-bond donors (Lipinski definition) is 0. The lowest BCUT2D eigenvalue weighted by Gasteiger charge is -2.24. The fourth-order valence-corrected chi connectivity index (χ4v) is 5.76. The predicted molar refractivity (Wildman–Crippen MR) is 141 cm³/mol. The highest BCUT2D eigenvalue weighted by molar-refractivity contribution is 7.91. The Hall–Kier alpha value is -2.20. The average Bonchev–Trinajstić information content (AvgIpc) is 3.24. The van der Waals surface area contributed by atoms with Crippen molar-refractivity contribution in [2.24, 2.45) is 0 Å². The molecular formula is C24H32ClN3O4S2. The SMILES string of the molecule is CCOc1ccc2nc(N(CCN(CC)CC)C(=O)CCS(=O)(=O)c3ccccc3)sc2c1.Cl. The van der Waals surface area contributed by atoms with Crippen LogP contribution in [-0.2, 0) is 14.6 Å². The van der Waals surface area contributed by atoms with Crippen molar-refractivity contribution in [3.8, 4) is 5.75 Å². The number of likely N-dealkylation sites (N-methyl/N-ethyl adjacent to an activating group) is 1. The van der Waals surface area contributed by atoms with Gasteiger partial charge in [-0.3, -0.25) is 9.69 Å². The molecule has 0 aliphatic carbocycles. The first-order valence-electron chi connectivity index (χ1n) is 11.2. The van der Waals surface area contributed by atoms with Gasteiger partial charge in [0.1, 0.15) is 5.75 Å². The minimum Gasteiger partial charge on any atom is -0.494 e. The molecule has 2 aromatic carbocycles. The number of amides is 1. The zero-order valence-electron chi connectivity index (χ0n) is 19.8. The molecule has 0 fully saturated rings.